The molecule has 0 amide bonds. The molecule has 0 aliphatic carbocycles. The fraction of sp³-hybridized carbons (Fsp3) is 0.118. The van der Waals surface area contributed by atoms with Gasteiger partial charge in [-0.15, -0.1) is 0 Å². The van der Waals surface area contributed by atoms with Gasteiger partial charge in [0.2, 0.25) is 9.76 Å². The first-order valence-electron chi connectivity index (χ1n) is 6.78. The number of benzene rings is 3. The van der Waals surface area contributed by atoms with Crippen LogP contribution < -0.4 is 0 Å². The smallest absolute Gasteiger partial charge is 0.288 e. The zero-order valence-electron chi connectivity index (χ0n) is 11.4. The Morgan fingerprint density at radius 3 is 2.10 bits per heavy atom. The van der Waals surface area contributed by atoms with Crippen LogP contribution in [-0.4, -0.2) is 15.7 Å². The highest BCUT2D eigenvalue weighted by Crippen LogP contribution is 2.28. The van der Waals surface area contributed by atoms with E-state index in [-0.39, 0.29) is 5.97 Å². The summed E-state index contributed by atoms with van der Waals surface area (Å²) in [4.78, 5) is 11.0. The Balaban J connectivity index is 2.15. The molecule has 0 saturated carbocycles. The Kier molecular flexibility index (Phi) is 3.52. The molecular formula is C17H16O2Si. The third-order valence-corrected chi connectivity index (χ3v) is 4.85. The van der Waals surface area contributed by atoms with Crippen molar-refractivity contribution in [2.24, 2.45) is 0 Å². The summed E-state index contributed by atoms with van der Waals surface area (Å²) in [6.07, 6.45) is 0. The third-order valence-electron chi connectivity index (χ3n) is 3.54. The van der Waals surface area contributed by atoms with Gasteiger partial charge in [0.1, 0.15) is 0 Å². The molecule has 0 heterocycles. The molecule has 0 fully saturated rings. The van der Waals surface area contributed by atoms with E-state index >= 15 is 0 Å². The minimum absolute atomic E-state index is 0.166. The molecule has 3 aromatic carbocycles. The summed E-state index contributed by atoms with van der Waals surface area (Å²) in [5.74, 6) is -0.166. The molecule has 0 saturated heterocycles. The fourth-order valence-corrected chi connectivity index (χ4v) is 3.81. The molecule has 0 aliphatic heterocycles. The van der Waals surface area contributed by atoms with Crippen LogP contribution in [0.5, 0.6) is 0 Å². The van der Waals surface area contributed by atoms with Gasteiger partial charge in [-0.05, 0) is 39.2 Å². The van der Waals surface area contributed by atoms with Crippen molar-refractivity contribution in [1.29, 1.82) is 0 Å². The summed E-state index contributed by atoms with van der Waals surface area (Å²) in [6.45, 7) is 1.48. The van der Waals surface area contributed by atoms with Crippen LogP contribution in [0.4, 0.5) is 0 Å². The first-order chi connectivity index (χ1) is 9.75. The normalized spacial score (nSPS) is 11.4. The monoisotopic (exact) mass is 280 g/mol. The Morgan fingerprint density at radius 1 is 1.00 bits per heavy atom. The lowest BCUT2D eigenvalue weighted by atomic mass is 9.98. The zero-order chi connectivity index (χ0) is 13.9. The van der Waals surface area contributed by atoms with Gasteiger partial charge < -0.3 is 4.43 Å². The van der Waals surface area contributed by atoms with Gasteiger partial charge in [-0.2, -0.15) is 0 Å². The molecule has 3 rings (SSSR count). The highest BCUT2D eigenvalue weighted by molar-refractivity contribution is 6.31. The lowest BCUT2D eigenvalue weighted by molar-refractivity contribution is -0.131. The van der Waals surface area contributed by atoms with Crippen LogP contribution in [0.25, 0.3) is 21.5 Å². The van der Waals surface area contributed by atoms with Crippen molar-refractivity contribution in [1.82, 2.24) is 0 Å². The predicted molar refractivity (Wildman–Crippen MR) is 85.5 cm³/mol. The van der Waals surface area contributed by atoms with E-state index < -0.39 is 9.76 Å². The van der Waals surface area contributed by atoms with E-state index in [9.17, 15) is 4.79 Å². The molecule has 3 aromatic rings. The van der Waals surface area contributed by atoms with Crippen LogP contribution in [0.3, 0.4) is 0 Å². The second kappa shape index (κ2) is 5.47. The summed E-state index contributed by atoms with van der Waals surface area (Å²) in [7, 11) is -0.860. The molecule has 0 atom stereocenters. The predicted octanol–water partition coefficient (Wildman–Crippen LogP) is 3.14. The van der Waals surface area contributed by atoms with Crippen LogP contribution in [0, 0.1) is 0 Å². The molecule has 0 radical (unpaired) electrons. The third kappa shape index (κ3) is 2.45. The fourth-order valence-electron chi connectivity index (χ4n) is 2.67. The van der Waals surface area contributed by atoms with E-state index in [1.54, 1.807) is 0 Å². The molecule has 0 N–H and O–H groups in total. The van der Waals surface area contributed by atoms with Crippen molar-refractivity contribution in [2.75, 3.05) is 0 Å². The molecule has 2 nitrogen and oxygen atoms in total. The van der Waals surface area contributed by atoms with Crippen molar-refractivity contribution >= 4 is 37.3 Å². The largest absolute Gasteiger partial charge is 0.525 e. The maximum Gasteiger partial charge on any atom is 0.288 e. The molecule has 0 unspecified atom stereocenters. The molecule has 0 aromatic heterocycles. The molecule has 0 bridgehead atoms. The highest BCUT2D eigenvalue weighted by Gasteiger charge is 2.08. The van der Waals surface area contributed by atoms with E-state index in [0.717, 1.165) is 6.04 Å². The van der Waals surface area contributed by atoms with Crippen molar-refractivity contribution in [2.45, 2.75) is 13.0 Å². The van der Waals surface area contributed by atoms with Crippen molar-refractivity contribution in [3.63, 3.8) is 0 Å². The SMILES string of the molecule is CC(=O)O[SiH2]Cc1c2ccccc2cc2ccccc12. The van der Waals surface area contributed by atoms with E-state index in [2.05, 4.69) is 54.6 Å². The Morgan fingerprint density at radius 2 is 1.55 bits per heavy atom. The topological polar surface area (TPSA) is 26.3 Å². The lowest BCUT2D eigenvalue weighted by Gasteiger charge is -2.11. The number of carbonyl (C=O) groups is 1. The number of hydrogen-bond acceptors (Lipinski definition) is 2. The summed E-state index contributed by atoms with van der Waals surface area (Å²) in [6, 6.07) is 19.9. The molecule has 0 spiro atoms. The van der Waals surface area contributed by atoms with Crippen LogP contribution in [0.15, 0.2) is 54.6 Å². The zero-order valence-corrected chi connectivity index (χ0v) is 12.8. The first-order valence-corrected chi connectivity index (χ1v) is 8.36. The minimum atomic E-state index is -0.860. The van der Waals surface area contributed by atoms with Gasteiger partial charge in [0, 0.05) is 6.92 Å². The second-order valence-corrected chi connectivity index (χ2v) is 6.08. The molecule has 20 heavy (non-hydrogen) atoms. The average molecular weight is 280 g/mol. The van der Waals surface area contributed by atoms with E-state index in [4.69, 9.17) is 4.43 Å². The second-order valence-electron chi connectivity index (χ2n) is 4.89. The van der Waals surface area contributed by atoms with Crippen LogP contribution in [-0.2, 0) is 15.3 Å². The van der Waals surface area contributed by atoms with Gasteiger partial charge in [-0.3, -0.25) is 4.79 Å². The summed E-state index contributed by atoms with van der Waals surface area (Å²) >= 11 is 0. The first kappa shape index (κ1) is 12.9. The molecular weight excluding hydrogens is 264 g/mol. The van der Waals surface area contributed by atoms with Crippen LogP contribution in [0.2, 0.25) is 0 Å². The van der Waals surface area contributed by atoms with Crippen LogP contribution in [0.1, 0.15) is 12.5 Å². The standard InChI is InChI=1S/C17H16O2Si/c1-12(18)19-20-11-17-15-8-4-2-6-13(15)10-14-7-3-5-9-16(14)17/h2-10H,11,20H2,1H3. The lowest BCUT2D eigenvalue weighted by Crippen LogP contribution is -2.08. The molecule has 0 aliphatic rings. The number of hydrogen-bond donors (Lipinski definition) is 0. The van der Waals surface area contributed by atoms with Gasteiger partial charge >= 0.3 is 0 Å². The number of carbonyl (C=O) groups excluding carboxylic acids is 1. The number of rotatable bonds is 3. The van der Waals surface area contributed by atoms with E-state index in [0.29, 0.717) is 0 Å². The van der Waals surface area contributed by atoms with Crippen molar-refractivity contribution in [3.05, 3.63) is 60.2 Å². The minimum Gasteiger partial charge on any atom is -0.525 e. The van der Waals surface area contributed by atoms with Crippen molar-refractivity contribution in [3.8, 4) is 0 Å². The summed E-state index contributed by atoms with van der Waals surface area (Å²) in [5, 5.41) is 5.03. The maximum absolute atomic E-state index is 11.0. The average Bonchev–Trinajstić information content (AvgIpc) is 2.46. The Bertz CT molecular complexity index is 726. The van der Waals surface area contributed by atoms with E-state index in [1.807, 2.05) is 0 Å². The van der Waals surface area contributed by atoms with Gasteiger partial charge in [0.15, 0.2) is 0 Å². The van der Waals surface area contributed by atoms with Gasteiger partial charge in [0.05, 0.1) is 0 Å². The summed E-state index contributed by atoms with van der Waals surface area (Å²) in [5.41, 5.74) is 1.31. The van der Waals surface area contributed by atoms with Gasteiger partial charge in [-0.25, -0.2) is 0 Å². The van der Waals surface area contributed by atoms with Crippen LogP contribution >= 0.6 is 0 Å². The van der Waals surface area contributed by atoms with Gasteiger partial charge in [0.25, 0.3) is 5.97 Å². The van der Waals surface area contributed by atoms with Gasteiger partial charge in [-0.1, -0.05) is 48.5 Å². The Labute approximate surface area is 120 Å². The highest BCUT2D eigenvalue weighted by atomic mass is 28.2. The molecule has 3 heteroatoms. The Hall–Kier alpha value is -2.13. The molecule has 100 valence electrons. The quantitative estimate of drug-likeness (QED) is 0.544. The van der Waals surface area contributed by atoms with Crippen molar-refractivity contribution < 1.29 is 9.22 Å². The summed E-state index contributed by atoms with van der Waals surface area (Å²) < 4.78 is 5.24. The van der Waals surface area contributed by atoms with E-state index in [1.165, 1.54) is 34.0 Å². The number of fused-ring (bicyclic) bond motifs is 2. The maximum atomic E-state index is 11.0.